The Morgan fingerprint density at radius 2 is 1.94 bits per heavy atom. The quantitative estimate of drug-likeness (QED) is 0.697. The summed E-state index contributed by atoms with van der Waals surface area (Å²) < 4.78 is 17.9. The van der Waals surface area contributed by atoms with E-state index >= 15 is 0 Å². The van der Waals surface area contributed by atoms with Gasteiger partial charge in [-0.15, -0.1) is 0 Å². The van der Waals surface area contributed by atoms with Crippen molar-refractivity contribution in [3.8, 4) is 11.8 Å². The number of fused-ring (bicyclic) bond motifs is 3. The summed E-state index contributed by atoms with van der Waals surface area (Å²) in [5.74, 6) is -0.352. The van der Waals surface area contributed by atoms with Crippen LogP contribution in [0.2, 0.25) is 0 Å². The molecular weight excluding hydrogens is 410 g/mol. The molecule has 0 radical (unpaired) electrons. The highest BCUT2D eigenvalue weighted by Crippen LogP contribution is 2.30. The highest BCUT2D eigenvalue weighted by Gasteiger charge is 2.36. The smallest absolute Gasteiger partial charge is 0.258 e. The first-order valence-corrected chi connectivity index (χ1v) is 11.1. The van der Waals surface area contributed by atoms with Gasteiger partial charge in [-0.25, -0.2) is 0 Å². The third kappa shape index (κ3) is 4.89. The second-order valence-electron chi connectivity index (χ2n) is 8.91. The molecule has 1 aromatic carbocycles. The third-order valence-electron chi connectivity index (χ3n) is 6.40. The molecule has 0 N–H and O–H groups in total. The van der Waals surface area contributed by atoms with Gasteiger partial charge in [-0.2, -0.15) is 5.26 Å². The van der Waals surface area contributed by atoms with Crippen molar-refractivity contribution in [2.24, 2.45) is 5.92 Å². The third-order valence-corrected chi connectivity index (χ3v) is 6.40. The molecule has 1 fully saturated rings. The zero-order chi connectivity index (χ0) is 23.4. The van der Waals surface area contributed by atoms with Crippen molar-refractivity contribution in [2.75, 3.05) is 34.4 Å². The second kappa shape index (κ2) is 10.3. The van der Waals surface area contributed by atoms with Crippen LogP contribution in [0.1, 0.15) is 49.0 Å². The van der Waals surface area contributed by atoms with Crippen LogP contribution in [0.4, 0.5) is 0 Å². The Morgan fingerprint density at radius 3 is 2.59 bits per heavy atom. The lowest BCUT2D eigenvalue weighted by Crippen LogP contribution is -2.52. The van der Waals surface area contributed by atoms with Gasteiger partial charge in [0.1, 0.15) is 30.6 Å². The van der Waals surface area contributed by atoms with E-state index in [-0.39, 0.29) is 59.5 Å². The SMILES string of the molecule is CO[C@H]1CC[C@H]2CCN(C)C(=O)[C@@H](C(C)C)N(C)C(=O)c3cccc(C#N)c3OC[C@@H]1O2. The summed E-state index contributed by atoms with van der Waals surface area (Å²) in [6.07, 6.45) is 1.85. The van der Waals surface area contributed by atoms with Crippen molar-refractivity contribution in [1.82, 2.24) is 9.80 Å². The van der Waals surface area contributed by atoms with E-state index in [0.717, 1.165) is 12.8 Å². The van der Waals surface area contributed by atoms with Crippen molar-refractivity contribution in [3.05, 3.63) is 29.3 Å². The van der Waals surface area contributed by atoms with Crippen LogP contribution in [0.15, 0.2) is 18.2 Å². The van der Waals surface area contributed by atoms with Gasteiger partial charge in [0.25, 0.3) is 5.91 Å². The Morgan fingerprint density at radius 1 is 1.19 bits per heavy atom. The van der Waals surface area contributed by atoms with Gasteiger partial charge in [-0.05, 0) is 37.3 Å². The summed E-state index contributed by atoms with van der Waals surface area (Å²) in [5.41, 5.74) is 0.522. The van der Waals surface area contributed by atoms with E-state index < -0.39 is 6.04 Å². The molecule has 8 nitrogen and oxygen atoms in total. The first-order chi connectivity index (χ1) is 15.3. The minimum Gasteiger partial charge on any atom is -0.489 e. The predicted octanol–water partition coefficient (Wildman–Crippen LogP) is 2.46. The molecule has 2 bridgehead atoms. The standard InChI is InChI=1S/C24H33N3O5/c1-15(2)21-24(29)26(3)12-11-17-9-10-19(30-5)20(32-17)14-31-22-16(13-25)7-6-8-18(22)23(28)27(21)4/h6-8,15,17,19-21H,9-12,14H2,1-5H3/t17-,19-,20-,21+/m0/s1. The molecule has 174 valence electrons. The van der Waals surface area contributed by atoms with Crippen molar-refractivity contribution >= 4 is 11.8 Å². The molecule has 32 heavy (non-hydrogen) atoms. The lowest BCUT2D eigenvalue weighted by Gasteiger charge is -2.38. The van der Waals surface area contributed by atoms with E-state index in [0.29, 0.717) is 13.0 Å². The Balaban J connectivity index is 2.05. The number of likely N-dealkylation sites (N-methyl/N-ethyl adjacent to an activating group) is 2. The Bertz CT molecular complexity index is 881. The Kier molecular flexibility index (Phi) is 7.75. The molecule has 0 spiro atoms. The van der Waals surface area contributed by atoms with Crippen LogP contribution in [-0.4, -0.2) is 80.3 Å². The highest BCUT2D eigenvalue weighted by molar-refractivity contribution is 6.00. The fourth-order valence-electron chi connectivity index (χ4n) is 4.57. The Hall–Kier alpha value is -2.63. The number of benzene rings is 1. The number of nitrogens with zero attached hydrogens (tertiary/aromatic N) is 3. The van der Waals surface area contributed by atoms with Gasteiger partial charge in [-0.3, -0.25) is 9.59 Å². The average molecular weight is 444 g/mol. The maximum absolute atomic E-state index is 13.5. The van der Waals surface area contributed by atoms with Crippen LogP contribution < -0.4 is 4.74 Å². The minimum absolute atomic E-state index is 0.0178. The van der Waals surface area contributed by atoms with Crippen LogP contribution in [0.25, 0.3) is 0 Å². The van der Waals surface area contributed by atoms with Crippen LogP contribution in [0, 0.1) is 17.2 Å². The molecule has 1 saturated heterocycles. The van der Waals surface area contributed by atoms with E-state index in [1.54, 1.807) is 44.3 Å². The van der Waals surface area contributed by atoms with Crippen molar-refractivity contribution in [2.45, 2.75) is 57.5 Å². The maximum Gasteiger partial charge on any atom is 0.258 e. The lowest BCUT2D eigenvalue weighted by atomic mass is 9.97. The molecule has 0 aliphatic carbocycles. The molecule has 2 heterocycles. The zero-order valence-electron chi connectivity index (χ0n) is 19.5. The first kappa shape index (κ1) is 24.0. The number of methoxy groups -OCH3 is 1. The molecule has 4 atom stereocenters. The number of ether oxygens (including phenoxy) is 3. The van der Waals surface area contributed by atoms with Crippen LogP contribution >= 0.6 is 0 Å². The minimum atomic E-state index is -0.632. The largest absolute Gasteiger partial charge is 0.489 e. The summed E-state index contributed by atoms with van der Waals surface area (Å²) in [6, 6.07) is 6.38. The predicted molar refractivity (Wildman–Crippen MR) is 118 cm³/mol. The number of hydrogen-bond donors (Lipinski definition) is 0. The molecule has 2 aliphatic rings. The molecule has 2 amide bonds. The van der Waals surface area contributed by atoms with Gasteiger partial charge in [0.2, 0.25) is 5.91 Å². The molecule has 0 saturated carbocycles. The fourth-order valence-corrected chi connectivity index (χ4v) is 4.57. The number of amides is 2. The van der Waals surface area contributed by atoms with Gasteiger partial charge >= 0.3 is 0 Å². The van der Waals surface area contributed by atoms with E-state index in [2.05, 4.69) is 6.07 Å². The Labute approximate surface area is 190 Å². The van der Waals surface area contributed by atoms with Crippen molar-refractivity contribution in [3.63, 3.8) is 0 Å². The normalized spacial score (nSPS) is 27.4. The van der Waals surface area contributed by atoms with Gasteiger partial charge in [-0.1, -0.05) is 19.9 Å². The summed E-state index contributed by atoms with van der Waals surface area (Å²) in [7, 11) is 5.04. The fraction of sp³-hybridized carbons (Fsp3) is 0.625. The summed E-state index contributed by atoms with van der Waals surface area (Å²) in [5, 5.41) is 9.64. The van der Waals surface area contributed by atoms with Gasteiger partial charge < -0.3 is 24.0 Å². The van der Waals surface area contributed by atoms with E-state index in [4.69, 9.17) is 14.2 Å². The number of nitriles is 1. The van der Waals surface area contributed by atoms with E-state index in [1.807, 2.05) is 13.8 Å². The van der Waals surface area contributed by atoms with Crippen molar-refractivity contribution in [1.29, 1.82) is 5.26 Å². The first-order valence-electron chi connectivity index (χ1n) is 11.1. The monoisotopic (exact) mass is 443 g/mol. The maximum atomic E-state index is 13.5. The zero-order valence-corrected chi connectivity index (χ0v) is 19.5. The molecule has 1 aromatic rings. The second-order valence-corrected chi connectivity index (χ2v) is 8.91. The lowest BCUT2D eigenvalue weighted by molar-refractivity contribution is -0.147. The van der Waals surface area contributed by atoms with Crippen molar-refractivity contribution < 1.29 is 23.8 Å². The average Bonchev–Trinajstić information content (AvgIpc) is 2.79. The van der Waals surface area contributed by atoms with Gasteiger partial charge in [0.15, 0.2) is 0 Å². The molecular formula is C24H33N3O5. The van der Waals surface area contributed by atoms with E-state index in [9.17, 15) is 14.9 Å². The summed E-state index contributed by atoms with van der Waals surface area (Å²) in [6.45, 7) is 4.55. The van der Waals surface area contributed by atoms with Gasteiger partial charge in [0, 0.05) is 27.7 Å². The molecule has 3 rings (SSSR count). The molecule has 8 heteroatoms. The number of carbonyl (C=O) groups excluding carboxylic acids is 2. The molecule has 0 aromatic heterocycles. The van der Waals surface area contributed by atoms with Gasteiger partial charge in [0.05, 0.1) is 23.3 Å². The van der Waals surface area contributed by atoms with Crippen LogP contribution in [-0.2, 0) is 14.3 Å². The summed E-state index contributed by atoms with van der Waals surface area (Å²) in [4.78, 5) is 29.9. The topological polar surface area (TPSA) is 92.1 Å². The molecule has 0 unspecified atom stereocenters. The number of rotatable bonds is 2. The van der Waals surface area contributed by atoms with Crippen LogP contribution in [0.5, 0.6) is 5.75 Å². The van der Waals surface area contributed by atoms with Crippen LogP contribution in [0.3, 0.4) is 0 Å². The number of para-hydroxylation sites is 1. The summed E-state index contributed by atoms with van der Waals surface area (Å²) >= 11 is 0. The number of carbonyl (C=O) groups is 2. The highest BCUT2D eigenvalue weighted by atomic mass is 16.6. The number of hydrogen-bond acceptors (Lipinski definition) is 6. The molecule has 2 aliphatic heterocycles. The van der Waals surface area contributed by atoms with E-state index in [1.165, 1.54) is 4.90 Å².